The van der Waals surface area contributed by atoms with Crippen LogP contribution in [-0.2, 0) is 6.54 Å². The number of hydrazone groups is 1. The van der Waals surface area contributed by atoms with Crippen molar-refractivity contribution in [3.63, 3.8) is 0 Å². The minimum absolute atomic E-state index is 0.475. The van der Waals surface area contributed by atoms with Crippen LogP contribution >= 0.6 is 12.2 Å². The third-order valence-electron chi connectivity index (χ3n) is 4.75. The van der Waals surface area contributed by atoms with Crippen LogP contribution in [0.2, 0.25) is 0 Å². The van der Waals surface area contributed by atoms with Crippen molar-refractivity contribution in [1.82, 2.24) is 9.99 Å². The molecule has 3 rings (SSSR count). The van der Waals surface area contributed by atoms with E-state index in [1.807, 2.05) is 12.1 Å². The van der Waals surface area contributed by atoms with Gasteiger partial charge in [0, 0.05) is 18.4 Å². The summed E-state index contributed by atoms with van der Waals surface area (Å²) in [6, 6.07) is 16.8. The Bertz CT molecular complexity index is 994. The Hall–Kier alpha value is -2.92. The van der Waals surface area contributed by atoms with Crippen LogP contribution in [-0.4, -0.2) is 15.9 Å². The van der Waals surface area contributed by atoms with Gasteiger partial charge in [0.05, 0.1) is 11.9 Å². The second-order valence-electron chi connectivity index (χ2n) is 7.09. The molecule has 0 atom stereocenters. The minimum Gasteiger partial charge on any atom is -0.342 e. The third kappa shape index (κ3) is 4.87. The number of nitrogens with zero attached hydrogens (tertiary/aromatic N) is 2. The van der Waals surface area contributed by atoms with Crippen molar-refractivity contribution in [2.24, 2.45) is 5.10 Å². The van der Waals surface area contributed by atoms with Crippen molar-refractivity contribution in [2.45, 2.75) is 34.2 Å². The standard InChI is InChI=1S/C23H26N4S/c1-16-12-18(3)22(19(4)13-16)25-23(28)26-24-14-21-10-7-11-27(21)15-20-9-6-5-8-17(20)2/h5-14H,15H2,1-4H3,(H2,25,26,28)/b24-14+. The Kier molecular flexibility index (Phi) is 6.26. The molecule has 3 aromatic rings. The maximum Gasteiger partial charge on any atom is 0.191 e. The lowest BCUT2D eigenvalue weighted by Crippen LogP contribution is -2.25. The maximum atomic E-state index is 5.40. The second-order valence-corrected chi connectivity index (χ2v) is 7.49. The summed E-state index contributed by atoms with van der Waals surface area (Å²) in [7, 11) is 0. The Morgan fingerprint density at radius 2 is 1.71 bits per heavy atom. The summed E-state index contributed by atoms with van der Waals surface area (Å²) >= 11 is 5.40. The molecule has 0 unspecified atom stereocenters. The number of rotatable bonds is 5. The van der Waals surface area contributed by atoms with Crippen LogP contribution in [0, 0.1) is 27.7 Å². The first-order valence-corrected chi connectivity index (χ1v) is 9.72. The molecule has 2 aromatic carbocycles. The Morgan fingerprint density at radius 1 is 1.00 bits per heavy atom. The van der Waals surface area contributed by atoms with Crippen molar-refractivity contribution >= 4 is 29.2 Å². The molecular formula is C23H26N4S. The number of hydrogen-bond acceptors (Lipinski definition) is 2. The average molecular weight is 391 g/mol. The first-order chi connectivity index (χ1) is 13.4. The summed E-state index contributed by atoms with van der Waals surface area (Å²) in [5.74, 6) is 0. The van der Waals surface area contributed by atoms with E-state index in [4.69, 9.17) is 12.2 Å². The van der Waals surface area contributed by atoms with Crippen LogP contribution in [0.25, 0.3) is 0 Å². The predicted molar refractivity (Wildman–Crippen MR) is 122 cm³/mol. The van der Waals surface area contributed by atoms with E-state index in [0.29, 0.717) is 5.11 Å². The zero-order valence-corrected chi connectivity index (χ0v) is 17.6. The molecule has 144 valence electrons. The number of anilines is 1. The van der Waals surface area contributed by atoms with Gasteiger partial charge >= 0.3 is 0 Å². The van der Waals surface area contributed by atoms with Gasteiger partial charge in [-0.05, 0) is 74.3 Å². The van der Waals surface area contributed by atoms with Gasteiger partial charge in [0.2, 0.25) is 0 Å². The molecule has 1 heterocycles. The summed E-state index contributed by atoms with van der Waals surface area (Å²) in [5, 5.41) is 8.03. The van der Waals surface area contributed by atoms with Crippen LogP contribution in [0.4, 0.5) is 5.69 Å². The Morgan fingerprint density at radius 3 is 2.43 bits per heavy atom. The minimum atomic E-state index is 0.475. The maximum absolute atomic E-state index is 5.40. The Balaban J connectivity index is 1.64. The Labute approximate surface area is 172 Å². The van der Waals surface area contributed by atoms with Crippen LogP contribution < -0.4 is 10.7 Å². The molecule has 2 N–H and O–H groups in total. The van der Waals surface area contributed by atoms with Gasteiger partial charge in [0.15, 0.2) is 5.11 Å². The molecule has 0 spiro atoms. The van der Waals surface area contributed by atoms with Gasteiger partial charge in [0.25, 0.3) is 0 Å². The lowest BCUT2D eigenvalue weighted by atomic mass is 10.1. The van der Waals surface area contributed by atoms with Crippen molar-refractivity contribution in [2.75, 3.05) is 5.32 Å². The molecule has 0 aliphatic heterocycles. The number of nitrogens with one attached hydrogen (secondary N) is 2. The average Bonchev–Trinajstić information content (AvgIpc) is 3.07. The van der Waals surface area contributed by atoms with Gasteiger partial charge in [-0.3, -0.25) is 5.43 Å². The summed E-state index contributed by atoms with van der Waals surface area (Å²) in [6.07, 6.45) is 3.85. The number of benzene rings is 2. The first-order valence-electron chi connectivity index (χ1n) is 9.31. The molecule has 5 heteroatoms. The highest BCUT2D eigenvalue weighted by molar-refractivity contribution is 7.80. The largest absolute Gasteiger partial charge is 0.342 e. The van der Waals surface area contributed by atoms with Crippen molar-refractivity contribution in [3.05, 3.63) is 88.2 Å². The van der Waals surface area contributed by atoms with E-state index in [9.17, 15) is 0 Å². The van der Waals surface area contributed by atoms with Gasteiger partial charge in [-0.25, -0.2) is 0 Å². The SMILES string of the molecule is Cc1cc(C)c(NC(=S)N/N=C/c2cccn2Cc2ccccc2C)c(C)c1. The summed E-state index contributed by atoms with van der Waals surface area (Å²) in [6.45, 7) is 9.19. The molecule has 0 saturated heterocycles. The molecule has 0 aliphatic carbocycles. The van der Waals surface area contributed by atoms with Gasteiger partial charge in [0.1, 0.15) is 0 Å². The molecule has 0 radical (unpaired) electrons. The molecule has 1 aromatic heterocycles. The fourth-order valence-corrected chi connectivity index (χ4v) is 3.49. The molecule has 0 fully saturated rings. The van der Waals surface area contributed by atoms with Crippen molar-refractivity contribution in [3.8, 4) is 0 Å². The van der Waals surface area contributed by atoms with Crippen LogP contribution in [0.1, 0.15) is 33.5 Å². The zero-order chi connectivity index (χ0) is 20.1. The molecule has 0 bridgehead atoms. The molecule has 0 aliphatic rings. The van der Waals surface area contributed by atoms with E-state index in [-0.39, 0.29) is 0 Å². The molecular weight excluding hydrogens is 364 g/mol. The van der Waals surface area contributed by atoms with E-state index in [1.54, 1.807) is 6.21 Å². The highest BCUT2D eigenvalue weighted by atomic mass is 32.1. The highest BCUT2D eigenvalue weighted by Crippen LogP contribution is 2.21. The quantitative estimate of drug-likeness (QED) is 0.362. The van der Waals surface area contributed by atoms with Crippen LogP contribution in [0.15, 0.2) is 59.8 Å². The van der Waals surface area contributed by atoms with Crippen molar-refractivity contribution < 1.29 is 0 Å². The lowest BCUT2D eigenvalue weighted by Gasteiger charge is -2.14. The van der Waals surface area contributed by atoms with Gasteiger partial charge < -0.3 is 9.88 Å². The zero-order valence-electron chi connectivity index (χ0n) is 16.8. The monoisotopic (exact) mass is 390 g/mol. The first kappa shape index (κ1) is 19.8. The summed E-state index contributed by atoms with van der Waals surface area (Å²) in [4.78, 5) is 0. The highest BCUT2D eigenvalue weighted by Gasteiger charge is 2.06. The van der Waals surface area contributed by atoms with E-state index >= 15 is 0 Å². The fraction of sp³-hybridized carbons (Fsp3) is 0.217. The predicted octanol–water partition coefficient (Wildman–Crippen LogP) is 5.09. The smallest absolute Gasteiger partial charge is 0.191 e. The lowest BCUT2D eigenvalue weighted by molar-refractivity contribution is 0.793. The number of hydrogen-bond donors (Lipinski definition) is 2. The topological polar surface area (TPSA) is 41.4 Å². The van der Waals surface area contributed by atoms with E-state index in [0.717, 1.165) is 29.1 Å². The van der Waals surface area contributed by atoms with Crippen molar-refractivity contribution in [1.29, 1.82) is 0 Å². The summed E-state index contributed by atoms with van der Waals surface area (Å²) in [5.41, 5.74) is 11.1. The second kappa shape index (κ2) is 8.85. The molecule has 0 amide bonds. The summed E-state index contributed by atoms with van der Waals surface area (Å²) < 4.78 is 2.16. The normalized spacial score (nSPS) is 11.0. The van der Waals surface area contributed by atoms with Gasteiger partial charge in [-0.1, -0.05) is 42.0 Å². The number of aryl methyl sites for hydroxylation is 4. The molecule has 0 saturated carbocycles. The molecule has 4 nitrogen and oxygen atoms in total. The van der Waals surface area contributed by atoms with Gasteiger partial charge in [-0.15, -0.1) is 0 Å². The number of aromatic nitrogens is 1. The third-order valence-corrected chi connectivity index (χ3v) is 4.94. The number of thiocarbonyl (C=S) groups is 1. The van der Waals surface area contributed by atoms with Crippen LogP contribution in [0.5, 0.6) is 0 Å². The fourth-order valence-electron chi connectivity index (χ4n) is 3.34. The van der Waals surface area contributed by atoms with E-state index in [2.05, 4.69) is 90.7 Å². The van der Waals surface area contributed by atoms with Crippen LogP contribution in [0.3, 0.4) is 0 Å². The van der Waals surface area contributed by atoms with Gasteiger partial charge in [-0.2, -0.15) is 5.10 Å². The molecule has 28 heavy (non-hydrogen) atoms. The van der Waals surface area contributed by atoms with E-state index < -0.39 is 0 Å². The van der Waals surface area contributed by atoms with E-state index in [1.165, 1.54) is 16.7 Å².